The number of hydrogen-bond donors (Lipinski definition) is 2. The van der Waals surface area contributed by atoms with Crippen LogP contribution in [0.1, 0.15) is 36.1 Å². The van der Waals surface area contributed by atoms with Crippen LogP contribution in [0.25, 0.3) is 0 Å². The summed E-state index contributed by atoms with van der Waals surface area (Å²) in [6.45, 7) is 6.22. The summed E-state index contributed by atoms with van der Waals surface area (Å²) in [6, 6.07) is 31.8. The zero-order chi connectivity index (χ0) is 28.5. The predicted molar refractivity (Wildman–Crippen MR) is 167 cm³/mol. The van der Waals surface area contributed by atoms with Crippen LogP contribution in [-0.2, 0) is 13.1 Å². The van der Waals surface area contributed by atoms with E-state index < -0.39 is 0 Å². The number of aliphatic imine (C=N–C) groups is 2. The quantitative estimate of drug-likeness (QED) is 0.166. The molecular formula is C34H38N4O2. The fourth-order valence-electron chi connectivity index (χ4n) is 4.64. The standard InChI is InChI=1S/C34H38N4O2/c1-25(31-21-27(15-17-33(31)39)23-37(3)29-11-7-5-8-12-29)35-19-20-36-26(2)32-22-28(16-18-34(32)40)24-38(4)30-13-9-6-10-14-30/h5-18,21-22,39-40H,19-20,23-24H2,1-4H3. The van der Waals surface area contributed by atoms with Crippen molar-refractivity contribution in [3.63, 3.8) is 0 Å². The largest absolute Gasteiger partial charge is 0.507 e. The minimum Gasteiger partial charge on any atom is -0.507 e. The average Bonchev–Trinajstić information content (AvgIpc) is 2.97. The first-order valence-electron chi connectivity index (χ1n) is 13.5. The van der Waals surface area contributed by atoms with Crippen LogP contribution in [0.5, 0.6) is 11.5 Å². The molecule has 2 N–H and O–H groups in total. The fraction of sp³-hybridized carbons (Fsp3) is 0.235. The van der Waals surface area contributed by atoms with Gasteiger partial charge in [-0.2, -0.15) is 0 Å². The van der Waals surface area contributed by atoms with E-state index in [1.165, 1.54) is 0 Å². The number of nitrogens with zero attached hydrogens (tertiary/aromatic N) is 4. The van der Waals surface area contributed by atoms with Crippen molar-refractivity contribution >= 4 is 22.8 Å². The second-order valence-corrected chi connectivity index (χ2v) is 10.0. The number of anilines is 2. The van der Waals surface area contributed by atoms with Gasteiger partial charge in [-0.15, -0.1) is 0 Å². The van der Waals surface area contributed by atoms with Gasteiger partial charge in [0.15, 0.2) is 0 Å². The van der Waals surface area contributed by atoms with Gasteiger partial charge in [-0.05, 0) is 73.5 Å². The van der Waals surface area contributed by atoms with Crippen LogP contribution in [0.3, 0.4) is 0 Å². The van der Waals surface area contributed by atoms with Crippen molar-refractivity contribution < 1.29 is 10.2 Å². The topological polar surface area (TPSA) is 71.7 Å². The average molecular weight is 535 g/mol. The van der Waals surface area contributed by atoms with E-state index in [9.17, 15) is 10.2 Å². The van der Waals surface area contributed by atoms with Gasteiger partial charge in [0, 0.05) is 61.1 Å². The maximum absolute atomic E-state index is 10.5. The first kappa shape index (κ1) is 28.4. The number of phenols is 2. The number of para-hydroxylation sites is 2. The third kappa shape index (κ3) is 7.50. The number of rotatable bonds is 11. The second kappa shape index (κ2) is 13.5. The Balaban J connectivity index is 1.39. The highest BCUT2D eigenvalue weighted by Gasteiger charge is 2.10. The number of phenolic OH excluding ortho intramolecular Hbond substituents is 2. The first-order chi connectivity index (χ1) is 19.3. The molecule has 0 fully saturated rings. The summed E-state index contributed by atoms with van der Waals surface area (Å²) in [5, 5.41) is 21.0. The van der Waals surface area contributed by atoms with Crippen molar-refractivity contribution in [3.05, 3.63) is 119 Å². The molecule has 6 nitrogen and oxygen atoms in total. The highest BCUT2D eigenvalue weighted by atomic mass is 16.3. The summed E-state index contributed by atoms with van der Waals surface area (Å²) in [6.07, 6.45) is 0. The molecule has 0 saturated heterocycles. The molecule has 0 heterocycles. The van der Waals surface area contributed by atoms with E-state index in [1.807, 2.05) is 74.5 Å². The van der Waals surface area contributed by atoms with Crippen LogP contribution >= 0.6 is 0 Å². The van der Waals surface area contributed by atoms with Crippen LogP contribution < -0.4 is 9.80 Å². The van der Waals surface area contributed by atoms with Crippen molar-refractivity contribution in [2.75, 3.05) is 37.0 Å². The summed E-state index contributed by atoms with van der Waals surface area (Å²) >= 11 is 0. The molecule has 0 atom stereocenters. The van der Waals surface area contributed by atoms with Gasteiger partial charge in [-0.3, -0.25) is 9.98 Å². The first-order valence-corrected chi connectivity index (χ1v) is 13.5. The zero-order valence-electron chi connectivity index (χ0n) is 23.7. The van der Waals surface area contributed by atoms with Crippen molar-refractivity contribution in [2.45, 2.75) is 26.9 Å². The van der Waals surface area contributed by atoms with E-state index in [1.54, 1.807) is 12.1 Å². The molecule has 0 amide bonds. The number of benzene rings is 4. The number of aromatic hydroxyl groups is 2. The van der Waals surface area contributed by atoms with E-state index in [4.69, 9.17) is 0 Å². The van der Waals surface area contributed by atoms with Gasteiger partial charge in [0.05, 0.1) is 13.1 Å². The van der Waals surface area contributed by atoms with Crippen LogP contribution in [0.15, 0.2) is 107 Å². The molecule has 0 saturated carbocycles. The summed E-state index contributed by atoms with van der Waals surface area (Å²) in [7, 11) is 4.11. The van der Waals surface area contributed by atoms with Crippen LogP contribution in [0.4, 0.5) is 11.4 Å². The molecule has 0 bridgehead atoms. The Labute approximate surface area is 237 Å². The lowest BCUT2D eigenvalue weighted by Crippen LogP contribution is -2.16. The summed E-state index contributed by atoms with van der Waals surface area (Å²) in [5.41, 5.74) is 7.45. The Morgan fingerprint density at radius 1 is 0.575 bits per heavy atom. The molecule has 0 spiro atoms. The molecule has 206 valence electrons. The van der Waals surface area contributed by atoms with Gasteiger partial charge in [-0.25, -0.2) is 0 Å². The molecule has 4 rings (SSSR count). The Morgan fingerprint density at radius 2 is 0.950 bits per heavy atom. The molecule has 4 aromatic carbocycles. The van der Waals surface area contributed by atoms with Gasteiger partial charge in [0.2, 0.25) is 0 Å². The van der Waals surface area contributed by atoms with Gasteiger partial charge in [-0.1, -0.05) is 48.5 Å². The van der Waals surface area contributed by atoms with Crippen molar-refractivity contribution in [1.29, 1.82) is 0 Å². The lowest BCUT2D eigenvalue weighted by atomic mass is 10.1. The van der Waals surface area contributed by atoms with Crippen LogP contribution in [0.2, 0.25) is 0 Å². The van der Waals surface area contributed by atoms with E-state index >= 15 is 0 Å². The predicted octanol–water partition coefficient (Wildman–Crippen LogP) is 6.69. The Morgan fingerprint density at radius 3 is 1.32 bits per heavy atom. The number of hydrogen-bond acceptors (Lipinski definition) is 6. The van der Waals surface area contributed by atoms with Gasteiger partial charge >= 0.3 is 0 Å². The zero-order valence-corrected chi connectivity index (χ0v) is 23.7. The smallest absolute Gasteiger partial charge is 0.124 e. The monoisotopic (exact) mass is 534 g/mol. The normalized spacial score (nSPS) is 11.9. The Bertz CT molecular complexity index is 1350. The molecule has 0 aliphatic rings. The molecular weight excluding hydrogens is 496 g/mol. The minimum atomic E-state index is 0.217. The van der Waals surface area contributed by atoms with Crippen molar-refractivity contribution in [3.8, 4) is 11.5 Å². The van der Waals surface area contributed by atoms with E-state index in [2.05, 4.69) is 58.1 Å². The molecule has 0 aliphatic heterocycles. The van der Waals surface area contributed by atoms with Gasteiger partial charge < -0.3 is 20.0 Å². The third-order valence-corrected chi connectivity index (χ3v) is 6.93. The molecule has 0 unspecified atom stereocenters. The highest BCUT2D eigenvalue weighted by Crippen LogP contribution is 2.23. The van der Waals surface area contributed by atoms with Gasteiger partial charge in [0.25, 0.3) is 0 Å². The highest BCUT2D eigenvalue weighted by molar-refractivity contribution is 6.02. The third-order valence-electron chi connectivity index (χ3n) is 6.93. The van der Waals surface area contributed by atoms with Crippen LogP contribution in [0, 0.1) is 0 Å². The van der Waals surface area contributed by atoms with Crippen molar-refractivity contribution in [1.82, 2.24) is 0 Å². The van der Waals surface area contributed by atoms with E-state index in [0.717, 1.165) is 58.1 Å². The molecule has 0 radical (unpaired) electrons. The van der Waals surface area contributed by atoms with Gasteiger partial charge in [0.1, 0.15) is 11.5 Å². The Hall–Kier alpha value is -4.58. The Kier molecular flexibility index (Phi) is 9.57. The minimum absolute atomic E-state index is 0.217. The summed E-state index contributed by atoms with van der Waals surface area (Å²) < 4.78 is 0. The molecule has 4 aromatic rings. The van der Waals surface area contributed by atoms with Crippen LogP contribution in [-0.4, -0.2) is 48.8 Å². The molecule has 0 aromatic heterocycles. The SMILES string of the molecule is CC(=NCCN=C(C)c1cc(CN(C)c2ccccc2)ccc1O)c1cc(CN(C)c2ccccc2)ccc1O. The summed E-state index contributed by atoms with van der Waals surface area (Å²) in [5.74, 6) is 0.434. The van der Waals surface area contributed by atoms with Crippen molar-refractivity contribution in [2.24, 2.45) is 9.98 Å². The van der Waals surface area contributed by atoms with E-state index in [0.29, 0.717) is 13.1 Å². The molecule has 40 heavy (non-hydrogen) atoms. The van der Waals surface area contributed by atoms with E-state index in [-0.39, 0.29) is 11.5 Å². The second-order valence-electron chi connectivity index (χ2n) is 10.0. The fourth-order valence-corrected chi connectivity index (χ4v) is 4.64. The summed E-state index contributed by atoms with van der Waals surface area (Å²) in [4.78, 5) is 13.7. The molecule has 6 heteroatoms. The molecule has 0 aliphatic carbocycles. The lowest BCUT2D eigenvalue weighted by Gasteiger charge is -2.20. The maximum Gasteiger partial charge on any atom is 0.124 e. The lowest BCUT2D eigenvalue weighted by molar-refractivity contribution is 0.473. The maximum atomic E-state index is 10.5.